The molecule has 0 aliphatic carbocycles. The molecule has 1 N–H and O–H groups in total. The van der Waals surface area contributed by atoms with Crippen LogP contribution in [-0.4, -0.2) is 35.8 Å². The summed E-state index contributed by atoms with van der Waals surface area (Å²) in [7, 11) is 0. The van der Waals surface area contributed by atoms with Crippen LogP contribution in [0.1, 0.15) is 30.1 Å². The molecule has 0 radical (unpaired) electrons. The number of amides is 2. The lowest BCUT2D eigenvalue weighted by molar-refractivity contribution is -0.129. The van der Waals surface area contributed by atoms with E-state index in [-0.39, 0.29) is 17.9 Å². The number of nitrogens with one attached hydrogen (secondary N) is 1. The second-order valence-electron chi connectivity index (χ2n) is 4.76. The Morgan fingerprint density at radius 2 is 2.00 bits per heavy atom. The largest absolute Gasteiger partial charge is 0.349 e. The van der Waals surface area contributed by atoms with Crippen LogP contribution in [-0.2, 0) is 4.79 Å². The smallest absolute Gasteiger partial charge is 0.251 e. The second-order valence-corrected chi connectivity index (χ2v) is 6.01. The van der Waals surface area contributed by atoms with E-state index >= 15 is 0 Å². The van der Waals surface area contributed by atoms with Crippen LogP contribution in [0.5, 0.6) is 0 Å². The van der Waals surface area contributed by atoms with E-state index < -0.39 is 0 Å². The van der Waals surface area contributed by atoms with Crippen LogP contribution in [0.15, 0.2) is 24.3 Å². The average Bonchev–Trinajstić information content (AvgIpc) is 2.39. The highest BCUT2D eigenvalue weighted by Gasteiger charge is 2.22. The summed E-state index contributed by atoms with van der Waals surface area (Å²) >= 11 is 2.20. The van der Waals surface area contributed by atoms with Crippen LogP contribution in [0.2, 0.25) is 0 Å². The van der Waals surface area contributed by atoms with Gasteiger partial charge in [0.15, 0.2) is 0 Å². The van der Waals surface area contributed by atoms with Crippen molar-refractivity contribution in [2.75, 3.05) is 13.1 Å². The van der Waals surface area contributed by atoms with E-state index in [0.717, 1.165) is 29.5 Å². The Bertz CT molecular complexity index is 482. The van der Waals surface area contributed by atoms with Crippen LogP contribution in [0.4, 0.5) is 0 Å². The van der Waals surface area contributed by atoms with Crippen LogP contribution in [0.25, 0.3) is 0 Å². The number of carbonyl (C=O) groups is 2. The summed E-state index contributed by atoms with van der Waals surface area (Å²) in [4.78, 5) is 25.1. The number of piperidine rings is 1. The molecular formula is C14H17IN2O2. The summed E-state index contributed by atoms with van der Waals surface area (Å²) in [6, 6.07) is 7.71. The van der Waals surface area contributed by atoms with Gasteiger partial charge in [-0.05, 0) is 53.6 Å². The van der Waals surface area contributed by atoms with Crippen molar-refractivity contribution in [3.63, 3.8) is 0 Å². The van der Waals surface area contributed by atoms with E-state index in [9.17, 15) is 9.59 Å². The molecule has 0 unspecified atom stereocenters. The van der Waals surface area contributed by atoms with Crippen molar-refractivity contribution >= 4 is 34.4 Å². The van der Waals surface area contributed by atoms with Crippen molar-refractivity contribution in [1.82, 2.24) is 10.2 Å². The van der Waals surface area contributed by atoms with E-state index in [4.69, 9.17) is 0 Å². The minimum atomic E-state index is -0.0280. The van der Waals surface area contributed by atoms with Gasteiger partial charge >= 0.3 is 0 Å². The van der Waals surface area contributed by atoms with E-state index in [1.165, 1.54) is 0 Å². The Balaban J connectivity index is 1.89. The van der Waals surface area contributed by atoms with Crippen molar-refractivity contribution in [1.29, 1.82) is 0 Å². The molecule has 1 aromatic rings. The molecule has 4 nitrogen and oxygen atoms in total. The van der Waals surface area contributed by atoms with Crippen LogP contribution < -0.4 is 5.32 Å². The lowest BCUT2D eigenvalue weighted by Crippen LogP contribution is -2.46. The second kappa shape index (κ2) is 6.36. The van der Waals surface area contributed by atoms with Crippen molar-refractivity contribution in [3.8, 4) is 0 Å². The molecule has 0 saturated carbocycles. The van der Waals surface area contributed by atoms with Gasteiger partial charge < -0.3 is 10.2 Å². The monoisotopic (exact) mass is 372 g/mol. The van der Waals surface area contributed by atoms with Crippen molar-refractivity contribution in [2.24, 2.45) is 0 Å². The predicted octanol–water partition coefficient (Wildman–Crippen LogP) is 2.03. The van der Waals surface area contributed by atoms with Gasteiger partial charge in [0.25, 0.3) is 5.91 Å². The highest BCUT2D eigenvalue weighted by atomic mass is 127. The number of benzene rings is 1. The van der Waals surface area contributed by atoms with Crippen LogP contribution >= 0.6 is 22.6 Å². The fourth-order valence-corrected chi connectivity index (χ4v) is 2.78. The molecule has 1 fully saturated rings. The summed E-state index contributed by atoms with van der Waals surface area (Å²) in [5, 5.41) is 3.04. The Labute approximate surface area is 126 Å². The molecule has 102 valence electrons. The molecular weight excluding hydrogens is 355 g/mol. The van der Waals surface area contributed by atoms with Gasteiger partial charge in [0.05, 0.1) is 0 Å². The maximum Gasteiger partial charge on any atom is 0.251 e. The molecule has 5 heteroatoms. The third kappa shape index (κ3) is 3.92. The third-order valence-corrected chi connectivity index (χ3v) is 4.03. The standard InChI is InChI=1S/C14H17IN2O2/c1-10(18)17-7-5-13(6-8-17)16-14(19)11-3-2-4-12(15)9-11/h2-4,9,13H,5-8H2,1H3,(H,16,19). The zero-order chi connectivity index (χ0) is 13.8. The number of carbonyl (C=O) groups excluding carboxylic acids is 2. The maximum absolute atomic E-state index is 12.1. The number of hydrogen-bond donors (Lipinski definition) is 1. The molecule has 1 aliphatic heterocycles. The number of nitrogens with zero attached hydrogens (tertiary/aromatic N) is 1. The Morgan fingerprint density at radius 3 is 2.58 bits per heavy atom. The molecule has 2 rings (SSSR count). The van der Waals surface area contributed by atoms with E-state index in [2.05, 4.69) is 27.9 Å². The molecule has 1 heterocycles. The van der Waals surface area contributed by atoms with Crippen molar-refractivity contribution in [2.45, 2.75) is 25.8 Å². The predicted molar refractivity (Wildman–Crippen MR) is 81.9 cm³/mol. The zero-order valence-corrected chi connectivity index (χ0v) is 13.0. The number of likely N-dealkylation sites (tertiary alicyclic amines) is 1. The normalized spacial score (nSPS) is 16.2. The maximum atomic E-state index is 12.1. The van der Waals surface area contributed by atoms with Gasteiger partial charge in [-0.3, -0.25) is 9.59 Å². The molecule has 2 amide bonds. The fraction of sp³-hybridized carbons (Fsp3) is 0.429. The minimum Gasteiger partial charge on any atom is -0.349 e. The Hall–Kier alpha value is -1.11. The number of hydrogen-bond acceptors (Lipinski definition) is 2. The first kappa shape index (κ1) is 14.3. The highest BCUT2D eigenvalue weighted by molar-refractivity contribution is 14.1. The SMILES string of the molecule is CC(=O)N1CCC(NC(=O)c2cccc(I)c2)CC1. The van der Waals surface area contributed by atoms with Gasteiger partial charge in [-0.25, -0.2) is 0 Å². The zero-order valence-electron chi connectivity index (χ0n) is 10.9. The first-order valence-corrected chi connectivity index (χ1v) is 7.46. The average molecular weight is 372 g/mol. The summed E-state index contributed by atoms with van der Waals surface area (Å²) in [6.07, 6.45) is 1.66. The molecule has 1 aromatic carbocycles. The molecule has 0 aromatic heterocycles. The van der Waals surface area contributed by atoms with Gasteiger partial charge in [0, 0.05) is 35.2 Å². The quantitative estimate of drug-likeness (QED) is 0.808. The van der Waals surface area contributed by atoms with Gasteiger partial charge in [0.1, 0.15) is 0 Å². The fourth-order valence-electron chi connectivity index (χ4n) is 2.24. The molecule has 0 bridgehead atoms. The lowest BCUT2D eigenvalue weighted by atomic mass is 10.0. The number of halogens is 1. The summed E-state index contributed by atoms with van der Waals surface area (Å²) in [5.74, 6) is 0.0854. The van der Waals surface area contributed by atoms with E-state index in [1.807, 2.05) is 29.2 Å². The molecule has 0 atom stereocenters. The number of rotatable bonds is 2. The molecule has 1 aliphatic rings. The minimum absolute atomic E-state index is 0.0280. The van der Waals surface area contributed by atoms with Gasteiger partial charge in [0.2, 0.25) is 5.91 Å². The topological polar surface area (TPSA) is 49.4 Å². The van der Waals surface area contributed by atoms with Crippen LogP contribution in [0.3, 0.4) is 0 Å². The van der Waals surface area contributed by atoms with Crippen molar-refractivity contribution in [3.05, 3.63) is 33.4 Å². The van der Waals surface area contributed by atoms with E-state index in [1.54, 1.807) is 6.92 Å². The van der Waals surface area contributed by atoms with Gasteiger partial charge in [-0.15, -0.1) is 0 Å². The molecule has 19 heavy (non-hydrogen) atoms. The van der Waals surface area contributed by atoms with Gasteiger partial charge in [-0.2, -0.15) is 0 Å². The Morgan fingerprint density at radius 1 is 1.32 bits per heavy atom. The van der Waals surface area contributed by atoms with Crippen molar-refractivity contribution < 1.29 is 9.59 Å². The summed E-state index contributed by atoms with van der Waals surface area (Å²) in [5.41, 5.74) is 0.695. The summed E-state index contributed by atoms with van der Waals surface area (Å²) in [6.45, 7) is 3.05. The first-order valence-electron chi connectivity index (χ1n) is 6.38. The first-order chi connectivity index (χ1) is 9.06. The Kier molecular flexibility index (Phi) is 4.79. The van der Waals surface area contributed by atoms with Gasteiger partial charge in [-0.1, -0.05) is 6.07 Å². The summed E-state index contributed by atoms with van der Waals surface area (Å²) < 4.78 is 1.05. The molecule has 0 spiro atoms. The van der Waals surface area contributed by atoms with Crippen LogP contribution in [0, 0.1) is 3.57 Å². The highest BCUT2D eigenvalue weighted by Crippen LogP contribution is 2.12. The molecule has 1 saturated heterocycles. The lowest BCUT2D eigenvalue weighted by Gasteiger charge is -2.31. The van der Waals surface area contributed by atoms with E-state index in [0.29, 0.717) is 5.56 Å². The third-order valence-electron chi connectivity index (χ3n) is 3.36.